The van der Waals surface area contributed by atoms with Gasteiger partial charge in [-0.3, -0.25) is 9.78 Å². The standard InChI is InChI=1S/C25H30N6O4S/c1-15-8-24(30-25(9-15)36(5,33)34)29-22-10-23(28-18(4)32)27-12-20(22)21-7-6-19(11-26-21)31-13-16(2)35-17(3)14-31/h6-12,16-17H,13-14H2,1-5H3,(H2,27,28,29,30,32)/t16-,17-/m0/s1. The maximum Gasteiger partial charge on any atom is 0.222 e. The van der Waals surface area contributed by atoms with Crippen LogP contribution in [0.5, 0.6) is 0 Å². The summed E-state index contributed by atoms with van der Waals surface area (Å²) in [5.74, 6) is 0.438. The van der Waals surface area contributed by atoms with E-state index in [2.05, 4.69) is 44.3 Å². The predicted molar refractivity (Wildman–Crippen MR) is 139 cm³/mol. The van der Waals surface area contributed by atoms with Crippen molar-refractivity contribution in [2.45, 2.75) is 44.9 Å². The molecule has 1 aliphatic heterocycles. The van der Waals surface area contributed by atoms with Crippen molar-refractivity contribution in [3.8, 4) is 11.3 Å². The molecular weight excluding hydrogens is 480 g/mol. The van der Waals surface area contributed by atoms with Crippen molar-refractivity contribution in [1.29, 1.82) is 0 Å². The monoisotopic (exact) mass is 510 g/mol. The molecule has 36 heavy (non-hydrogen) atoms. The molecule has 0 saturated carbocycles. The molecule has 2 N–H and O–H groups in total. The molecule has 1 aliphatic rings. The number of hydrogen-bond donors (Lipinski definition) is 2. The lowest BCUT2D eigenvalue weighted by molar-refractivity contribution is -0.114. The van der Waals surface area contributed by atoms with Gasteiger partial charge in [-0.1, -0.05) is 0 Å². The van der Waals surface area contributed by atoms with Gasteiger partial charge in [0, 0.05) is 44.1 Å². The quantitative estimate of drug-likeness (QED) is 0.512. The van der Waals surface area contributed by atoms with Crippen molar-refractivity contribution in [2.24, 2.45) is 0 Å². The van der Waals surface area contributed by atoms with E-state index in [-0.39, 0.29) is 23.1 Å². The number of carbonyl (C=O) groups excluding carboxylic acids is 1. The smallest absolute Gasteiger partial charge is 0.222 e. The Balaban J connectivity index is 1.70. The molecule has 4 rings (SSSR count). The molecule has 1 amide bonds. The van der Waals surface area contributed by atoms with Crippen LogP contribution >= 0.6 is 0 Å². The summed E-state index contributed by atoms with van der Waals surface area (Å²) in [4.78, 5) is 27.1. The molecule has 1 fully saturated rings. The van der Waals surface area contributed by atoms with Crippen LogP contribution in [0.3, 0.4) is 0 Å². The molecular formula is C25H30N6O4S. The van der Waals surface area contributed by atoms with Crippen molar-refractivity contribution in [2.75, 3.05) is 34.9 Å². The summed E-state index contributed by atoms with van der Waals surface area (Å²) in [7, 11) is -3.50. The van der Waals surface area contributed by atoms with Crippen LogP contribution in [0.25, 0.3) is 11.3 Å². The normalized spacial score (nSPS) is 18.1. The van der Waals surface area contributed by atoms with E-state index in [1.165, 1.54) is 13.0 Å². The second kappa shape index (κ2) is 10.2. The van der Waals surface area contributed by atoms with Crippen LogP contribution in [-0.4, -0.2) is 60.8 Å². The van der Waals surface area contributed by atoms with Gasteiger partial charge in [-0.25, -0.2) is 18.4 Å². The Hall–Kier alpha value is -3.57. The highest BCUT2D eigenvalue weighted by Gasteiger charge is 2.23. The second-order valence-corrected chi connectivity index (χ2v) is 11.1. The molecule has 0 unspecified atom stereocenters. The first-order valence-electron chi connectivity index (χ1n) is 11.6. The van der Waals surface area contributed by atoms with E-state index in [9.17, 15) is 13.2 Å². The molecule has 10 nitrogen and oxygen atoms in total. The number of amides is 1. The topological polar surface area (TPSA) is 126 Å². The number of sulfone groups is 1. The number of nitrogens with zero attached hydrogens (tertiary/aromatic N) is 4. The Labute approximate surface area is 211 Å². The summed E-state index contributed by atoms with van der Waals surface area (Å²) in [6.45, 7) is 8.88. The van der Waals surface area contributed by atoms with Crippen molar-refractivity contribution < 1.29 is 17.9 Å². The number of rotatable bonds is 6. The van der Waals surface area contributed by atoms with Gasteiger partial charge in [0.25, 0.3) is 0 Å². The fraction of sp³-hybridized carbons (Fsp3) is 0.360. The van der Waals surface area contributed by atoms with E-state index < -0.39 is 9.84 Å². The molecule has 0 radical (unpaired) electrons. The lowest BCUT2D eigenvalue weighted by Crippen LogP contribution is -2.45. The van der Waals surface area contributed by atoms with Crippen LogP contribution in [0.15, 0.2) is 47.8 Å². The van der Waals surface area contributed by atoms with Gasteiger partial charge in [0.2, 0.25) is 5.91 Å². The number of hydrogen-bond acceptors (Lipinski definition) is 9. The Bertz CT molecular complexity index is 1370. The van der Waals surface area contributed by atoms with Crippen LogP contribution in [0.2, 0.25) is 0 Å². The fourth-order valence-corrected chi connectivity index (χ4v) is 4.82. The highest BCUT2D eigenvalue weighted by molar-refractivity contribution is 7.90. The third-order valence-corrected chi connectivity index (χ3v) is 6.57. The van der Waals surface area contributed by atoms with Crippen molar-refractivity contribution >= 4 is 38.8 Å². The Morgan fingerprint density at radius 1 is 1.06 bits per heavy atom. The largest absolute Gasteiger partial charge is 0.372 e. The molecule has 2 atom stereocenters. The van der Waals surface area contributed by atoms with E-state index in [0.29, 0.717) is 28.6 Å². The van der Waals surface area contributed by atoms with E-state index in [1.807, 2.05) is 18.3 Å². The zero-order valence-corrected chi connectivity index (χ0v) is 21.8. The van der Waals surface area contributed by atoms with Gasteiger partial charge in [0.1, 0.15) is 11.6 Å². The van der Waals surface area contributed by atoms with Gasteiger partial charge in [-0.15, -0.1) is 0 Å². The van der Waals surface area contributed by atoms with Gasteiger partial charge in [0.15, 0.2) is 14.9 Å². The van der Waals surface area contributed by atoms with Crippen LogP contribution in [0.4, 0.5) is 23.0 Å². The average molecular weight is 511 g/mol. The Morgan fingerprint density at radius 2 is 1.78 bits per heavy atom. The van der Waals surface area contributed by atoms with Crippen molar-refractivity contribution in [3.63, 3.8) is 0 Å². The Kier molecular flexibility index (Phi) is 7.23. The van der Waals surface area contributed by atoms with Crippen LogP contribution < -0.4 is 15.5 Å². The van der Waals surface area contributed by atoms with Gasteiger partial charge in [-0.05, 0) is 50.6 Å². The number of aryl methyl sites for hydroxylation is 1. The maximum absolute atomic E-state index is 12.1. The number of nitrogens with one attached hydrogen (secondary N) is 2. The summed E-state index contributed by atoms with van der Waals surface area (Å²) in [6.07, 6.45) is 4.81. The lowest BCUT2D eigenvalue weighted by atomic mass is 10.1. The van der Waals surface area contributed by atoms with Crippen molar-refractivity contribution in [3.05, 3.63) is 48.3 Å². The molecule has 0 bridgehead atoms. The summed E-state index contributed by atoms with van der Waals surface area (Å²) < 4.78 is 30.0. The first-order valence-corrected chi connectivity index (χ1v) is 13.5. The molecule has 190 valence electrons. The minimum atomic E-state index is -3.50. The van der Waals surface area contributed by atoms with E-state index in [1.54, 1.807) is 25.3 Å². The minimum Gasteiger partial charge on any atom is -0.372 e. The zero-order chi connectivity index (χ0) is 26.0. The molecule has 11 heteroatoms. The van der Waals surface area contributed by atoms with Crippen molar-refractivity contribution in [1.82, 2.24) is 15.0 Å². The predicted octanol–water partition coefficient (Wildman–Crippen LogP) is 3.57. The van der Waals surface area contributed by atoms with Crippen LogP contribution in [0.1, 0.15) is 26.3 Å². The second-order valence-electron chi connectivity index (χ2n) is 9.13. The molecule has 0 aromatic carbocycles. The fourth-order valence-electron chi connectivity index (χ4n) is 4.16. The summed E-state index contributed by atoms with van der Waals surface area (Å²) in [5, 5.41) is 5.84. The molecule has 0 aliphatic carbocycles. The summed E-state index contributed by atoms with van der Waals surface area (Å²) >= 11 is 0. The van der Waals surface area contributed by atoms with Gasteiger partial charge in [-0.2, -0.15) is 0 Å². The van der Waals surface area contributed by atoms with E-state index >= 15 is 0 Å². The average Bonchev–Trinajstić information content (AvgIpc) is 2.77. The first-order chi connectivity index (χ1) is 17.0. The maximum atomic E-state index is 12.1. The van der Waals surface area contributed by atoms with Crippen LogP contribution in [0, 0.1) is 6.92 Å². The Morgan fingerprint density at radius 3 is 2.39 bits per heavy atom. The number of ether oxygens (including phenoxy) is 1. The van der Waals surface area contributed by atoms with Gasteiger partial charge in [0.05, 0.1) is 35.5 Å². The minimum absolute atomic E-state index is 0.0286. The number of anilines is 4. The molecule has 1 saturated heterocycles. The number of pyridine rings is 3. The van der Waals surface area contributed by atoms with E-state index in [4.69, 9.17) is 4.74 Å². The first kappa shape index (κ1) is 25.5. The van der Waals surface area contributed by atoms with E-state index in [0.717, 1.165) is 30.6 Å². The number of aromatic nitrogens is 3. The molecule has 4 heterocycles. The third-order valence-electron chi connectivity index (χ3n) is 5.61. The van der Waals surface area contributed by atoms with Gasteiger partial charge >= 0.3 is 0 Å². The summed E-state index contributed by atoms with van der Waals surface area (Å²) in [6, 6.07) is 8.84. The molecule has 0 spiro atoms. The SMILES string of the molecule is CC(=O)Nc1cc(Nc2cc(C)cc(S(C)(=O)=O)n2)c(-c2ccc(N3C[C@H](C)O[C@@H](C)C3)cn2)cn1. The molecule has 3 aromatic rings. The van der Waals surface area contributed by atoms with Crippen LogP contribution in [-0.2, 0) is 19.4 Å². The third kappa shape index (κ3) is 6.16. The van der Waals surface area contributed by atoms with Gasteiger partial charge < -0.3 is 20.3 Å². The highest BCUT2D eigenvalue weighted by Crippen LogP contribution is 2.32. The lowest BCUT2D eigenvalue weighted by Gasteiger charge is -2.36. The number of carbonyl (C=O) groups is 1. The number of morpholine rings is 1. The zero-order valence-electron chi connectivity index (χ0n) is 20.9. The highest BCUT2D eigenvalue weighted by atomic mass is 32.2. The summed E-state index contributed by atoms with van der Waals surface area (Å²) in [5.41, 5.74) is 3.63. The molecule has 3 aromatic heterocycles.